The molecule has 3 saturated heterocycles. The molecule has 1 saturated carbocycles. The molecular weight excluding hydrogens is 726 g/mol. The van der Waals surface area contributed by atoms with E-state index in [1.165, 1.54) is 38.5 Å². The third-order valence-corrected chi connectivity index (χ3v) is 11.9. The summed E-state index contributed by atoms with van der Waals surface area (Å²) in [5, 5.41) is 22.6. The van der Waals surface area contributed by atoms with Gasteiger partial charge in [0.05, 0.1) is 46.1 Å². The van der Waals surface area contributed by atoms with Gasteiger partial charge >= 0.3 is 12.1 Å². The zero-order chi connectivity index (χ0) is 39.4. The number of hydrogen-bond acceptors (Lipinski definition) is 12. The van der Waals surface area contributed by atoms with Crippen LogP contribution in [0, 0.1) is 35.3 Å². The van der Waals surface area contributed by atoms with Crippen LogP contribution in [0.3, 0.4) is 0 Å². The van der Waals surface area contributed by atoms with Crippen LogP contribution >= 0.6 is 0 Å². The summed E-state index contributed by atoms with van der Waals surface area (Å²) in [5.41, 5.74) is -1.94. The van der Waals surface area contributed by atoms with Crippen molar-refractivity contribution in [2.45, 2.75) is 50.7 Å². The normalized spacial score (nSPS) is 24.4. The summed E-state index contributed by atoms with van der Waals surface area (Å²) in [6, 6.07) is 5.55. The number of fused-ring (bicyclic) bond motifs is 3. The number of anilines is 1. The van der Waals surface area contributed by atoms with Crippen molar-refractivity contribution in [2.75, 3.05) is 78.2 Å². The molecule has 296 valence electrons. The van der Waals surface area contributed by atoms with E-state index in [1.807, 2.05) is 0 Å². The van der Waals surface area contributed by atoms with Gasteiger partial charge < -0.3 is 39.0 Å². The average Bonchev–Trinajstić information content (AvgIpc) is 3.52. The highest BCUT2D eigenvalue weighted by molar-refractivity contribution is 6.04. The molecule has 0 unspecified atom stereocenters. The Morgan fingerprint density at radius 1 is 1.11 bits per heavy atom. The number of aromatic hydroxyl groups is 1. The highest BCUT2D eigenvalue weighted by Crippen LogP contribution is 2.49. The fourth-order valence-corrected chi connectivity index (χ4v) is 9.39. The number of terminal acetylenes is 1. The average molecular weight is 773 g/mol. The fraction of sp³-hybridized carbons (Fsp3) is 0.512. The molecule has 0 bridgehead atoms. The van der Waals surface area contributed by atoms with Gasteiger partial charge in [-0.25, -0.2) is 18.6 Å². The first-order valence-electron chi connectivity index (χ1n) is 19.1. The van der Waals surface area contributed by atoms with E-state index in [4.69, 9.17) is 30.4 Å². The molecule has 1 aliphatic carbocycles. The summed E-state index contributed by atoms with van der Waals surface area (Å²) in [4.78, 5) is 32.1. The number of methoxy groups -OCH3 is 2. The second-order valence-electron chi connectivity index (χ2n) is 15.9. The van der Waals surface area contributed by atoms with Crippen molar-refractivity contribution in [1.29, 1.82) is 0 Å². The van der Waals surface area contributed by atoms with Crippen molar-refractivity contribution >= 4 is 33.6 Å². The van der Waals surface area contributed by atoms with Crippen molar-refractivity contribution < 1.29 is 42.7 Å². The lowest BCUT2D eigenvalue weighted by Crippen LogP contribution is -2.58. The third kappa shape index (κ3) is 6.77. The van der Waals surface area contributed by atoms with Crippen LogP contribution in [0.25, 0.3) is 32.9 Å². The van der Waals surface area contributed by atoms with Crippen LogP contribution in [-0.2, 0) is 9.47 Å². The smallest absolute Gasteiger partial charge is 0.409 e. The van der Waals surface area contributed by atoms with E-state index in [9.17, 15) is 15.0 Å². The Kier molecular flexibility index (Phi) is 10.0. The molecular formula is C41H46F2N6O7. The van der Waals surface area contributed by atoms with Crippen LogP contribution in [0.2, 0.25) is 0 Å². The highest BCUT2D eigenvalue weighted by Gasteiger charge is 2.49. The van der Waals surface area contributed by atoms with Gasteiger partial charge in [0.25, 0.3) is 0 Å². The van der Waals surface area contributed by atoms with Gasteiger partial charge in [-0.2, -0.15) is 9.97 Å². The predicted octanol–water partition coefficient (Wildman–Crippen LogP) is 5.12. The Balaban J connectivity index is 1.21. The number of likely N-dealkylation sites (tertiary alicyclic amines) is 2. The van der Waals surface area contributed by atoms with Gasteiger partial charge in [0.15, 0.2) is 5.82 Å². The van der Waals surface area contributed by atoms with E-state index < -0.39 is 17.2 Å². The molecule has 56 heavy (non-hydrogen) atoms. The Labute approximate surface area is 323 Å². The van der Waals surface area contributed by atoms with Gasteiger partial charge in [0.1, 0.15) is 39.6 Å². The third-order valence-electron chi connectivity index (χ3n) is 11.9. The molecule has 15 heteroatoms. The van der Waals surface area contributed by atoms with Crippen molar-refractivity contribution in [1.82, 2.24) is 24.8 Å². The summed E-state index contributed by atoms with van der Waals surface area (Å²) in [6.45, 7) is 5.91. The molecule has 2 aromatic heterocycles. The lowest BCUT2D eigenvalue weighted by Gasteiger charge is -2.49. The number of halogens is 2. The van der Waals surface area contributed by atoms with E-state index in [1.54, 1.807) is 16.7 Å². The number of aliphatic hydroxyl groups is 1. The number of nitrogens with zero attached hydrogens (tertiary/aromatic N) is 6. The molecule has 3 aliphatic heterocycles. The second-order valence-corrected chi connectivity index (χ2v) is 15.9. The minimum atomic E-state index is -1.26. The largest absolute Gasteiger partial charge is 0.508 e. The standard InChI is InChI=1S/C41H46F2N6O7/c1-5-27-29(42)10-9-25-16-26(50)17-28(31(25)27)34-33(43)35-32(37(44-34)53-3)36(48-14-15-55-22-40(2,52)21-48)46-38(45-35)56-23-41-11-6-8-30(41)47(13-7-12-41)18-24-19-49(20-24)39(51)54-4/h1,9-10,16-17,24,30,50,52H,6-8,11-15,18-23H2,2-4H3/t30-,40+,41-/m1/s1. The molecule has 8 rings (SSSR count). The van der Waals surface area contributed by atoms with E-state index >= 15 is 8.78 Å². The summed E-state index contributed by atoms with van der Waals surface area (Å²) in [6.07, 6.45) is 10.4. The van der Waals surface area contributed by atoms with E-state index in [2.05, 4.69) is 20.8 Å². The van der Waals surface area contributed by atoms with Crippen LogP contribution in [0.5, 0.6) is 17.6 Å². The summed E-state index contributed by atoms with van der Waals surface area (Å²) in [5.74, 6) is 1.18. The number of benzene rings is 2. The Bertz CT molecular complexity index is 2230. The van der Waals surface area contributed by atoms with Gasteiger partial charge in [-0.05, 0) is 62.7 Å². The quantitative estimate of drug-likeness (QED) is 0.230. The summed E-state index contributed by atoms with van der Waals surface area (Å²) in [7, 11) is 2.79. The number of piperidine rings is 1. The maximum absolute atomic E-state index is 17.3. The fourth-order valence-electron chi connectivity index (χ4n) is 9.39. The number of carbonyl (C=O) groups is 1. The predicted molar refractivity (Wildman–Crippen MR) is 204 cm³/mol. The highest BCUT2D eigenvalue weighted by atomic mass is 19.1. The van der Waals surface area contributed by atoms with Crippen LogP contribution in [0.15, 0.2) is 24.3 Å². The van der Waals surface area contributed by atoms with Crippen molar-refractivity contribution in [3.63, 3.8) is 0 Å². The molecule has 4 aromatic rings. The van der Waals surface area contributed by atoms with E-state index in [0.717, 1.165) is 45.2 Å². The number of carbonyl (C=O) groups excluding carboxylic acids is 1. The number of phenolic OH excluding ortho intramolecular Hbond substituents is 1. The summed E-state index contributed by atoms with van der Waals surface area (Å²) < 4.78 is 55.3. The van der Waals surface area contributed by atoms with Crippen LogP contribution in [0.4, 0.5) is 19.4 Å². The summed E-state index contributed by atoms with van der Waals surface area (Å²) >= 11 is 0. The number of β-amino-alcohol motifs (C(OH)–C–C–N with tert-alkyl or cyclic N) is 1. The topological polar surface area (TPSA) is 143 Å². The van der Waals surface area contributed by atoms with E-state index in [0.29, 0.717) is 37.5 Å². The maximum Gasteiger partial charge on any atom is 0.409 e. The molecule has 1 amide bonds. The van der Waals surface area contributed by atoms with Gasteiger partial charge in [-0.1, -0.05) is 18.4 Å². The minimum absolute atomic E-state index is 0.0305. The van der Waals surface area contributed by atoms with Gasteiger partial charge in [0.2, 0.25) is 5.88 Å². The first-order chi connectivity index (χ1) is 26.9. The van der Waals surface area contributed by atoms with Crippen molar-refractivity contribution in [3.8, 4) is 41.2 Å². The number of phenols is 1. The zero-order valence-electron chi connectivity index (χ0n) is 31.8. The van der Waals surface area contributed by atoms with Crippen molar-refractivity contribution in [2.24, 2.45) is 11.3 Å². The zero-order valence-corrected chi connectivity index (χ0v) is 31.8. The second kappa shape index (κ2) is 14.8. The number of pyridine rings is 1. The molecule has 0 radical (unpaired) electrons. The van der Waals surface area contributed by atoms with Crippen LogP contribution in [0.1, 0.15) is 44.6 Å². The molecule has 0 spiro atoms. The number of rotatable bonds is 8. The lowest BCUT2D eigenvalue weighted by atomic mass is 9.75. The lowest BCUT2D eigenvalue weighted by molar-refractivity contribution is -0.0242. The molecule has 2 N–H and O–H groups in total. The van der Waals surface area contributed by atoms with Crippen LogP contribution in [-0.4, -0.2) is 126 Å². The molecule has 5 heterocycles. The number of hydrogen-bond donors (Lipinski definition) is 2. The van der Waals surface area contributed by atoms with Gasteiger partial charge in [-0.3, -0.25) is 4.90 Å². The molecule has 3 atom stereocenters. The number of ether oxygens (including phenoxy) is 4. The van der Waals surface area contributed by atoms with E-state index in [-0.39, 0.29) is 93.9 Å². The monoisotopic (exact) mass is 772 g/mol. The van der Waals surface area contributed by atoms with Crippen LogP contribution < -0.4 is 14.4 Å². The first-order valence-corrected chi connectivity index (χ1v) is 19.1. The SMILES string of the molecule is C#Cc1c(F)ccc2cc(O)cc(-c3nc(OC)c4c(N5CCOC[C@@](C)(O)C5)nc(OC[C@]56CCC[C@H]5N(CC5CN(C(=O)OC)C5)CCC6)nc4c3F)c12. The Morgan fingerprint density at radius 3 is 2.68 bits per heavy atom. The van der Waals surface area contributed by atoms with Gasteiger partial charge in [0, 0.05) is 54.5 Å². The molecule has 4 aliphatic rings. The minimum Gasteiger partial charge on any atom is -0.508 e. The molecule has 4 fully saturated rings. The molecule has 13 nitrogen and oxygen atoms in total. The Hall–Kier alpha value is -5.04. The maximum atomic E-state index is 17.3. The molecule has 2 aromatic carbocycles. The number of aromatic nitrogens is 3. The number of amides is 1. The first kappa shape index (κ1) is 37.9. The Morgan fingerprint density at radius 2 is 1.91 bits per heavy atom. The van der Waals surface area contributed by atoms with Gasteiger partial charge in [-0.15, -0.1) is 6.42 Å². The van der Waals surface area contributed by atoms with Crippen molar-refractivity contribution in [3.05, 3.63) is 41.5 Å².